The average Bonchev–Trinajstić information content (AvgIpc) is 2.72. The van der Waals surface area contributed by atoms with E-state index in [0.29, 0.717) is 10.0 Å². The van der Waals surface area contributed by atoms with E-state index in [1.807, 2.05) is 31.3 Å². The minimum Gasteiger partial charge on any atom is -0.496 e. The molecule has 1 heterocycles. The summed E-state index contributed by atoms with van der Waals surface area (Å²) in [5, 5.41) is 4.65. The average molecular weight is 381 g/mol. The van der Waals surface area contributed by atoms with Crippen LogP contribution in [0.25, 0.3) is 0 Å². The molecule has 0 aliphatic rings. The summed E-state index contributed by atoms with van der Waals surface area (Å²) in [7, 11) is 3.54. The van der Waals surface area contributed by atoms with Crippen molar-refractivity contribution in [2.45, 2.75) is 6.04 Å². The van der Waals surface area contributed by atoms with Crippen molar-refractivity contribution in [3.8, 4) is 5.75 Å². The van der Waals surface area contributed by atoms with E-state index in [-0.39, 0.29) is 6.04 Å². The molecule has 1 N–H and O–H groups in total. The number of hydrogen-bond acceptors (Lipinski definition) is 3. The van der Waals surface area contributed by atoms with Gasteiger partial charge in [0.05, 0.1) is 22.0 Å². The molecule has 0 spiro atoms. The smallest absolute Gasteiger partial charge is 0.125 e. The fourth-order valence-corrected chi connectivity index (χ4v) is 3.92. The summed E-state index contributed by atoms with van der Waals surface area (Å²) >= 11 is 17.1. The second-order valence-corrected chi connectivity index (χ2v) is 7.12. The quantitative estimate of drug-likeness (QED) is 0.793. The zero-order valence-corrected chi connectivity index (χ0v) is 14.3. The standard InChI is InChI=1S/C13H12BrCl2NOS/c1-17-12(11-6-9(16)13(14)19-11)8-4-3-7(15)5-10(8)18-2/h3-6,12,17H,1-2H3. The minimum absolute atomic E-state index is 0.0148. The van der Waals surface area contributed by atoms with E-state index in [1.54, 1.807) is 18.4 Å². The van der Waals surface area contributed by atoms with Crippen LogP contribution in [-0.4, -0.2) is 14.2 Å². The molecule has 0 aliphatic heterocycles. The van der Waals surface area contributed by atoms with Crippen molar-refractivity contribution < 1.29 is 4.74 Å². The van der Waals surface area contributed by atoms with Crippen molar-refractivity contribution in [2.24, 2.45) is 0 Å². The van der Waals surface area contributed by atoms with Crippen LogP contribution in [-0.2, 0) is 0 Å². The maximum absolute atomic E-state index is 6.10. The first-order valence-corrected chi connectivity index (χ1v) is 7.88. The number of benzene rings is 1. The van der Waals surface area contributed by atoms with Crippen molar-refractivity contribution in [1.82, 2.24) is 5.32 Å². The number of rotatable bonds is 4. The summed E-state index contributed by atoms with van der Waals surface area (Å²) in [6, 6.07) is 7.59. The highest BCUT2D eigenvalue weighted by Gasteiger charge is 2.20. The molecule has 2 nitrogen and oxygen atoms in total. The fraction of sp³-hybridized carbons (Fsp3) is 0.231. The number of methoxy groups -OCH3 is 1. The van der Waals surface area contributed by atoms with Gasteiger partial charge in [-0.05, 0) is 41.2 Å². The SMILES string of the molecule is CNC(c1cc(Cl)c(Br)s1)c1ccc(Cl)cc1OC. The van der Waals surface area contributed by atoms with Crippen molar-refractivity contribution >= 4 is 50.5 Å². The monoisotopic (exact) mass is 379 g/mol. The molecule has 0 aliphatic carbocycles. The highest BCUT2D eigenvalue weighted by molar-refractivity contribution is 9.11. The molecule has 1 aromatic carbocycles. The number of ether oxygens (including phenoxy) is 1. The molecule has 0 saturated heterocycles. The molecule has 1 atom stereocenters. The molecule has 0 saturated carbocycles. The second-order valence-electron chi connectivity index (χ2n) is 3.88. The summed E-state index contributed by atoms with van der Waals surface area (Å²) < 4.78 is 6.33. The van der Waals surface area contributed by atoms with Crippen LogP contribution in [0.1, 0.15) is 16.5 Å². The van der Waals surface area contributed by atoms with Gasteiger partial charge in [0.1, 0.15) is 5.75 Å². The summed E-state index contributed by atoms with van der Waals surface area (Å²) in [5.74, 6) is 0.757. The van der Waals surface area contributed by atoms with E-state index in [0.717, 1.165) is 20.0 Å². The first kappa shape index (κ1) is 15.1. The maximum Gasteiger partial charge on any atom is 0.125 e. The summed E-state index contributed by atoms with van der Waals surface area (Å²) in [6.45, 7) is 0. The van der Waals surface area contributed by atoms with E-state index in [9.17, 15) is 0 Å². The van der Waals surface area contributed by atoms with Gasteiger partial charge in [-0.15, -0.1) is 11.3 Å². The van der Waals surface area contributed by atoms with Gasteiger partial charge in [-0.3, -0.25) is 0 Å². The molecular weight excluding hydrogens is 369 g/mol. The van der Waals surface area contributed by atoms with Gasteiger partial charge in [-0.25, -0.2) is 0 Å². The van der Waals surface area contributed by atoms with Crippen LogP contribution < -0.4 is 10.1 Å². The molecule has 1 unspecified atom stereocenters. The zero-order chi connectivity index (χ0) is 14.0. The Bertz CT molecular complexity index is 569. The van der Waals surface area contributed by atoms with Crippen LogP contribution in [0.2, 0.25) is 10.0 Å². The van der Waals surface area contributed by atoms with Gasteiger partial charge in [0, 0.05) is 15.5 Å². The van der Waals surface area contributed by atoms with Crippen LogP contribution in [0.3, 0.4) is 0 Å². The first-order chi connectivity index (χ1) is 9.06. The van der Waals surface area contributed by atoms with Gasteiger partial charge in [-0.2, -0.15) is 0 Å². The highest BCUT2D eigenvalue weighted by atomic mass is 79.9. The molecule has 102 valence electrons. The Kier molecular flexibility index (Phi) is 5.15. The normalized spacial score (nSPS) is 12.5. The predicted molar refractivity (Wildman–Crippen MR) is 85.9 cm³/mol. The molecule has 0 amide bonds. The molecule has 0 fully saturated rings. The van der Waals surface area contributed by atoms with Crippen molar-refractivity contribution in [3.05, 3.63) is 48.5 Å². The molecule has 2 aromatic rings. The largest absolute Gasteiger partial charge is 0.496 e. The molecule has 19 heavy (non-hydrogen) atoms. The van der Waals surface area contributed by atoms with E-state index < -0.39 is 0 Å². The topological polar surface area (TPSA) is 21.3 Å². The number of nitrogens with one attached hydrogen (secondary N) is 1. The Labute approximate surface area is 134 Å². The lowest BCUT2D eigenvalue weighted by Gasteiger charge is -2.18. The van der Waals surface area contributed by atoms with Crippen LogP contribution >= 0.6 is 50.5 Å². The Hall–Kier alpha value is -0.260. The third-order valence-electron chi connectivity index (χ3n) is 2.74. The van der Waals surface area contributed by atoms with Crippen molar-refractivity contribution in [2.75, 3.05) is 14.2 Å². The van der Waals surface area contributed by atoms with Crippen LogP contribution in [0, 0.1) is 0 Å². The molecule has 0 radical (unpaired) electrons. The predicted octanol–water partition coefficient (Wildman–Crippen LogP) is 5.13. The molecule has 6 heteroatoms. The first-order valence-electron chi connectivity index (χ1n) is 5.52. The van der Waals surface area contributed by atoms with Gasteiger partial charge in [0.15, 0.2) is 0 Å². The Balaban J connectivity index is 2.47. The van der Waals surface area contributed by atoms with E-state index in [4.69, 9.17) is 27.9 Å². The van der Waals surface area contributed by atoms with Crippen LogP contribution in [0.4, 0.5) is 0 Å². The van der Waals surface area contributed by atoms with Crippen LogP contribution in [0.15, 0.2) is 28.1 Å². The number of halogens is 3. The van der Waals surface area contributed by atoms with E-state index in [1.165, 1.54) is 0 Å². The summed E-state index contributed by atoms with van der Waals surface area (Å²) in [5.41, 5.74) is 1.03. The van der Waals surface area contributed by atoms with Gasteiger partial charge in [0.2, 0.25) is 0 Å². The van der Waals surface area contributed by atoms with E-state index in [2.05, 4.69) is 21.2 Å². The van der Waals surface area contributed by atoms with Gasteiger partial charge in [-0.1, -0.05) is 29.3 Å². The van der Waals surface area contributed by atoms with Crippen molar-refractivity contribution in [1.29, 1.82) is 0 Å². The van der Waals surface area contributed by atoms with Gasteiger partial charge < -0.3 is 10.1 Å². The Morgan fingerprint density at radius 2 is 2.05 bits per heavy atom. The lowest BCUT2D eigenvalue weighted by molar-refractivity contribution is 0.406. The lowest BCUT2D eigenvalue weighted by atomic mass is 10.0. The summed E-state index contributed by atoms with van der Waals surface area (Å²) in [4.78, 5) is 1.11. The molecule has 2 rings (SSSR count). The molecule has 0 bridgehead atoms. The van der Waals surface area contributed by atoms with Crippen molar-refractivity contribution in [3.63, 3.8) is 0 Å². The minimum atomic E-state index is 0.0148. The van der Waals surface area contributed by atoms with Gasteiger partial charge >= 0.3 is 0 Å². The van der Waals surface area contributed by atoms with Crippen LogP contribution in [0.5, 0.6) is 5.75 Å². The Morgan fingerprint density at radius 1 is 1.32 bits per heavy atom. The number of hydrogen-bond donors (Lipinski definition) is 1. The maximum atomic E-state index is 6.10. The number of thiophene rings is 1. The molecule has 1 aromatic heterocycles. The fourth-order valence-electron chi connectivity index (χ4n) is 1.88. The lowest BCUT2D eigenvalue weighted by Crippen LogP contribution is -2.17. The summed E-state index contributed by atoms with van der Waals surface area (Å²) in [6.07, 6.45) is 0. The molecular formula is C13H12BrCl2NOS. The second kappa shape index (κ2) is 6.46. The van der Waals surface area contributed by atoms with Gasteiger partial charge in [0.25, 0.3) is 0 Å². The zero-order valence-electron chi connectivity index (χ0n) is 10.3. The van der Waals surface area contributed by atoms with E-state index >= 15 is 0 Å². The third-order valence-corrected chi connectivity index (χ3v) is 5.52. The third kappa shape index (κ3) is 3.26. The highest BCUT2D eigenvalue weighted by Crippen LogP contribution is 2.39. The Morgan fingerprint density at radius 3 is 2.58 bits per heavy atom.